The van der Waals surface area contributed by atoms with E-state index in [1.165, 1.54) is 0 Å². The highest BCUT2D eigenvalue weighted by molar-refractivity contribution is 5.82. The van der Waals surface area contributed by atoms with Crippen LogP contribution in [-0.2, 0) is 9.53 Å². The fraction of sp³-hybridized carbons (Fsp3) is 0.650. The molecule has 5 nitrogen and oxygen atoms in total. The Morgan fingerprint density at radius 3 is 2.72 bits per heavy atom. The maximum atomic E-state index is 13.0. The summed E-state index contributed by atoms with van der Waals surface area (Å²) in [6.45, 7) is 2.77. The van der Waals surface area contributed by atoms with Gasteiger partial charge in [-0.3, -0.25) is 9.69 Å². The third-order valence-corrected chi connectivity index (χ3v) is 5.43. The number of hydrogen-bond donors (Lipinski definition) is 2. The van der Waals surface area contributed by atoms with E-state index in [1.807, 2.05) is 30.3 Å². The van der Waals surface area contributed by atoms with E-state index < -0.39 is 0 Å². The number of nitrogens with one attached hydrogen (secondary N) is 1. The van der Waals surface area contributed by atoms with E-state index in [9.17, 15) is 9.90 Å². The van der Waals surface area contributed by atoms with Gasteiger partial charge < -0.3 is 15.2 Å². The SMILES string of the molecule is O=C(NC(CCCO)c1ccccc1)C1CCCN1C1CCOCC1. The Kier molecular flexibility index (Phi) is 6.84. The van der Waals surface area contributed by atoms with Gasteiger partial charge in [0, 0.05) is 25.9 Å². The molecule has 138 valence electrons. The van der Waals surface area contributed by atoms with Gasteiger partial charge >= 0.3 is 0 Å². The number of likely N-dealkylation sites (tertiary alicyclic amines) is 1. The number of amides is 1. The molecular formula is C20H30N2O3. The Bertz CT molecular complexity index is 531. The van der Waals surface area contributed by atoms with Gasteiger partial charge in [0.25, 0.3) is 0 Å². The number of hydrogen-bond acceptors (Lipinski definition) is 4. The van der Waals surface area contributed by atoms with Crippen LogP contribution in [0.2, 0.25) is 0 Å². The summed E-state index contributed by atoms with van der Waals surface area (Å²) in [7, 11) is 0. The molecule has 2 fully saturated rings. The van der Waals surface area contributed by atoms with Crippen LogP contribution in [0.15, 0.2) is 30.3 Å². The first-order valence-electron chi connectivity index (χ1n) is 9.59. The first-order chi connectivity index (χ1) is 12.3. The zero-order valence-corrected chi connectivity index (χ0v) is 14.9. The van der Waals surface area contributed by atoms with Crippen LogP contribution in [-0.4, -0.2) is 54.4 Å². The highest BCUT2D eigenvalue weighted by atomic mass is 16.5. The Morgan fingerprint density at radius 2 is 2.00 bits per heavy atom. The summed E-state index contributed by atoms with van der Waals surface area (Å²) >= 11 is 0. The summed E-state index contributed by atoms with van der Waals surface area (Å²) in [6, 6.07) is 10.5. The van der Waals surface area contributed by atoms with E-state index in [2.05, 4.69) is 10.2 Å². The van der Waals surface area contributed by atoms with Crippen LogP contribution >= 0.6 is 0 Å². The number of benzene rings is 1. The van der Waals surface area contributed by atoms with E-state index in [0.29, 0.717) is 12.5 Å². The largest absolute Gasteiger partial charge is 0.396 e. The molecule has 2 aliphatic heterocycles. The van der Waals surface area contributed by atoms with Crippen molar-refractivity contribution in [3.63, 3.8) is 0 Å². The zero-order valence-electron chi connectivity index (χ0n) is 14.9. The number of rotatable bonds is 7. The van der Waals surface area contributed by atoms with Gasteiger partial charge in [0.05, 0.1) is 12.1 Å². The predicted octanol–water partition coefficient (Wildman–Crippen LogP) is 2.26. The minimum atomic E-state index is -0.0296. The van der Waals surface area contributed by atoms with Crippen molar-refractivity contribution < 1.29 is 14.6 Å². The topological polar surface area (TPSA) is 61.8 Å². The van der Waals surface area contributed by atoms with Crippen LogP contribution in [0.3, 0.4) is 0 Å². The number of carbonyl (C=O) groups excluding carboxylic acids is 1. The minimum Gasteiger partial charge on any atom is -0.396 e. The number of ether oxygens (including phenoxy) is 1. The fourth-order valence-electron chi connectivity index (χ4n) is 4.10. The van der Waals surface area contributed by atoms with E-state index in [4.69, 9.17) is 4.74 Å². The molecule has 0 spiro atoms. The summed E-state index contributed by atoms with van der Waals surface area (Å²) < 4.78 is 5.47. The fourth-order valence-corrected chi connectivity index (χ4v) is 4.10. The van der Waals surface area contributed by atoms with Crippen molar-refractivity contribution in [3.8, 4) is 0 Å². The lowest BCUT2D eigenvalue weighted by atomic mass is 10.0. The number of aliphatic hydroxyl groups excluding tert-OH is 1. The van der Waals surface area contributed by atoms with Crippen molar-refractivity contribution in [2.75, 3.05) is 26.4 Å². The first kappa shape index (κ1) is 18.4. The summed E-state index contributed by atoms with van der Waals surface area (Å²) in [4.78, 5) is 15.4. The molecule has 2 unspecified atom stereocenters. The second kappa shape index (κ2) is 9.32. The standard InChI is InChI=1S/C20H30N2O3/c23-13-5-8-18(16-6-2-1-3-7-16)21-20(24)19-9-4-12-22(19)17-10-14-25-15-11-17/h1-3,6-7,17-19,23H,4-5,8-15H2,(H,21,24). The van der Waals surface area contributed by atoms with Crippen molar-refractivity contribution in [2.24, 2.45) is 0 Å². The molecule has 0 aliphatic carbocycles. The molecular weight excluding hydrogens is 316 g/mol. The normalized spacial score (nSPS) is 23.5. The van der Waals surface area contributed by atoms with Gasteiger partial charge in [-0.15, -0.1) is 0 Å². The molecule has 1 aromatic carbocycles. The van der Waals surface area contributed by atoms with Crippen LogP contribution in [0, 0.1) is 0 Å². The third kappa shape index (κ3) is 4.81. The monoisotopic (exact) mass is 346 g/mol. The Hall–Kier alpha value is -1.43. The zero-order chi connectivity index (χ0) is 17.5. The summed E-state index contributed by atoms with van der Waals surface area (Å²) in [6.07, 6.45) is 5.52. The maximum absolute atomic E-state index is 13.0. The number of aliphatic hydroxyl groups is 1. The van der Waals surface area contributed by atoms with E-state index in [0.717, 1.165) is 57.4 Å². The van der Waals surface area contributed by atoms with Crippen LogP contribution < -0.4 is 5.32 Å². The quantitative estimate of drug-likeness (QED) is 0.795. The lowest BCUT2D eigenvalue weighted by molar-refractivity contribution is -0.127. The van der Waals surface area contributed by atoms with Crippen molar-refractivity contribution >= 4 is 5.91 Å². The molecule has 5 heteroatoms. The van der Waals surface area contributed by atoms with Gasteiger partial charge in [-0.25, -0.2) is 0 Å². The van der Waals surface area contributed by atoms with Gasteiger partial charge in [-0.05, 0) is 50.6 Å². The Balaban J connectivity index is 1.65. The van der Waals surface area contributed by atoms with Crippen molar-refractivity contribution in [2.45, 2.75) is 56.7 Å². The van der Waals surface area contributed by atoms with E-state index in [1.54, 1.807) is 0 Å². The van der Waals surface area contributed by atoms with Crippen LogP contribution in [0.25, 0.3) is 0 Å². The smallest absolute Gasteiger partial charge is 0.237 e. The number of carbonyl (C=O) groups is 1. The molecule has 2 saturated heterocycles. The second-order valence-electron chi connectivity index (χ2n) is 7.08. The van der Waals surface area contributed by atoms with Crippen LogP contribution in [0.4, 0.5) is 0 Å². The molecule has 3 rings (SSSR count). The molecule has 0 bridgehead atoms. The molecule has 25 heavy (non-hydrogen) atoms. The molecule has 2 aliphatic rings. The maximum Gasteiger partial charge on any atom is 0.237 e. The van der Waals surface area contributed by atoms with Crippen LogP contribution in [0.1, 0.15) is 50.1 Å². The van der Waals surface area contributed by atoms with E-state index in [-0.39, 0.29) is 24.6 Å². The molecule has 0 aromatic heterocycles. The lowest BCUT2D eigenvalue weighted by Gasteiger charge is -2.35. The highest BCUT2D eigenvalue weighted by Crippen LogP contribution is 2.27. The average molecular weight is 346 g/mol. The van der Waals surface area contributed by atoms with Gasteiger partial charge in [-0.2, -0.15) is 0 Å². The Labute approximate surface area is 150 Å². The highest BCUT2D eigenvalue weighted by Gasteiger charge is 2.36. The summed E-state index contributed by atoms with van der Waals surface area (Å²) in [5, 5.41) is 12.4. The average Bonchev–Trinajstić information content (AvgIpc) is 3.16. The van der Waals surface area contributed by atoms with Gasteiger partial charge in [0.2, 0.25) is 5.91 Å². The number of nitrogens with zero attached hydrogens (tertiary/aromatic N) is 1. The molecule has 2 N–H and O–H groups in total. The van der Waals surface area contributed by atoms with Gasteiger partial charge in [0.1, 0.15) is 0 Å². The first-order valence-corrected chi connectivity index (χ1v) is 9.59. The molecule has 2 heterocycles. The van der Waals surface area contributed by atoms with Crippen molar-refractivity contribution in [1.82, 2.24) is 10.2 Å². The molecule has 2 atom stereocenters. The van der Waals surface area contributed by atoms with Gasteiger partial charge in [-0.1, -0.05) is 30.3 Å². The minimum absolute atomic E-state index is 0.0246. The molecule has 1 aromatic rings. The van der Waals surface area contributed by atoms with Crippen molar-refractivity contribution in [1.29, 1.82) is 0 Å². The van der Waals surface area contributed by atoms with Crippen LogP contribution in [0.5, 0.6) is 0 Å². The molecule has 0 radical (unpaired) electrons. The Morgan fingerprint density at radius 1 is 1.24 bits per heavy atom. The molecule has 1 amide bonds. The summed E-state index contributed by atoms with van der Waals surface area (Å²) in [5.41, 5.74) is 1.11. The van der Waals surface area contributed by atoms with Crippen molar-refractivity contribution in [3.05, 3.63) is 35.9 Å². The summed E-state index contributed by atoms with van der Waals surface area (Å²) in [5.74, 6) is 0.135. The second-order valence-corrected chi connectivity index (χ2v) is 7.08. The predicted molar refractivity (Wildman–Crippen MR) is 97.2 cm³/mol. The van der Waals surface area contributed by atoms with Gasteiger partial charge in [0.15, 0.2) is 0 Å². The van der Waals surface area contributed by atoms with E-state index >= 15 is 0 Å². The molecule has 0 saturated carbocycles. The lowest BCUT2D eigenvalue weighted by Crippen LogP contribution is -2.49. The third-order valence-electron chi connectivity index (χ3n) is 5.43.